The van der Waals surface area contributed by atoms with Gasteiger partial charge in [0.15, 0.2) is 0 Å². The molecule has 1 aliphatic heterocycles. The topological polar surface area (TPSA) is 72.6 Å². The first-order valence-electron chi connectivity index (χ1n) is 5.93. The lowest BCUT2D eigenvalue weighted by atomic mass is 10.2. The van der Waals surface area contributed by atoms with Gasteiger partial charge in [-0.2, -0.15) is 4.31 Å². The van der Waals surface area contributed by atoms with Crippen molar-refractivity contribution in [1.82, 2.24) is 4.31 Å². The standard InChI is InChI=1S/C12H16N2O3S2/c1-9-8-17-7-6-14(9)19(15,16)11-5-3-2-4-10(11)12(13)18/h2-5,9H,6-8H2,1H3,(H2,13,18). The van der Waals surface area contributed by atoms with E-state index in [1.807, 2.05) is 6.92 Å². The van der Waals surface area contributed by atoms with Crippen LogP contribution in [0.25, 0.3) is 0 Å². The third kappa shape index (κ3) is 2.79. The molecule has 1 heterocycles. The Hall–Kier alpha value is -1.02. The summed E-state index contributed by atoms with van der Waals surface area (Å²) in [5.41, 5.74) is 5.98. The minimum atomic E-state index is -3.60. The molecule has 2 rings (SSSR count). The van der Waals surface area contributed by atoms with Gasteiger partial charge in [-0.05, 0) is 13.0 Å². The van der Waals surface area contributed by atoms with Gasteiger partial charge in [0.05, 0.1) is 18.1 Å². The first kappa shape index (κ1) is 14.4. The second-order valence-corrected chi connectivity index (χ2v) is 6.70. The first-order chi connectivity index (χ1) is 8.94. The van der Waals surface area contributed by atoms with Crippen molar-refractivity contribution < 1.29 is 13.2 Å². The zero-order valence-corrected chi connectivity index (χ0v) is 12.2. The maximum Gasteiger partial charge on any atom is 0.244 e. The van der Waals surface area contributed by atoms with Crippen LogP contribution in [0.2, 0.25) is 0 Å². The Morgan fingerprint density at radius 3 is 2.79 bits per heavy atom. The summed E-state index contributed by atoms with van der Waals surface area (Å²) in [6, 6.07) is 6.35. The van der Waals surface area contributed by atoms with Gasteiger partial charge in [-0.1, -0.05) is 30.4 Å². The fourth-order valence-electron chi connectivity index (χ4n) is 2.09. The molecule has 0 bridgehead atoms. The molecule has 1 unspecified atom stereocenters. The number of rotatable bonds is 3. The Morgan fingerprint density at radius 2 is 2.16 bits per heavy atom. The van der Waals surface area contributed by atoms with E-state index in [-0.39, 0.29) is 15.9 Å². The smallest absolute Gasteiger partial charge is 0.244 e. The molecule has 104 valence electrons. The van der Waals surface area contributed by atoms with Crippen molar-refractivity contribution in [3.63, 3.8) is 0 Å². The summed E-state index contributed by atoms with van der Waals surface area (Å²) in [7, 11) is -3.60. The Labute approximate surface area is 118 Å². The molecule has 0 radical (unpaired) electrons. The Bertz CT molecular complexity index is 586. The van der Waals surface area contributed by atoms with Gasteiger partial charge in [0.1, 0.15) is 4.99 Å². The van der Waals surface area contributed by atoms with E-state index in [1.54, 1.807) is 18.2 Å². The molecule has 0 spiro atoms. The SMILES string of the molecule is CC1COCCN1S(=O)(=O)c1ccccc1C(N)=S. The summed E-state index contributed by atoms with van der Waals surface area (Å²) in [6.07, 6.45) is 0. The van der Waals surface area contributed by atoms with Crippen molar-refractivity contribution in [2.75, 3.05) is 19.8 Å². The lowest BCUT2D eigenvalue weighted by Crippen LogP contribution is -2.47. The molecule has 7 heteroatoms. The fraction of sp³-hybridized carbons (Fsp3) is 0.417. The van der Waals surface area contributed by atoms with E-state index in [4.69, 9.17) is 22.7 Å². The summed E-state index contributed by atoms with van der Waals surface area (Å²) in [4.78, 5) is 0.247. The summed E-state index contributed by atoms with van der Waals surface area (Å²) in [6.45, 7) is 2.96. The van der Waals surface area contributed by atoms with Crippen LogP contribution in [0.5, 0.6) is 0 Å². The van der Waals surface area contributed by atoms with Crippen LogP contribution in [0.4, 0.5) is 0 Å². The van der Waals surface area contributed by atoms with Crippen LogP contribution in [0.3, 0.4) is 0 Å². The molecule has 1 atom stereocenters. The molecular formula is C12H16N2O3S2. The summed E-state index contributed by atoms with van der Waals surface area (Å²) >= 11 is 4.92. The molecule has 5 nitrogen and oxygen atoms in total. The van der Waals surface area contributed by atoms with E-state index < -0.39 is 10.0 Å². The van der Waals surface area contributed by atoms with Gasteiger partial charge in [0, 0.05) is 18.2 Å². The number of thiocarbonyl (C=S) groups is 1. The number of nitrogens with two attached hydrogens (primary N) is 1. The molecule has 1 aromatic rings. The molecule has 2 N–H and O–H groups in total. The number of nitrogens with zero attached hydrogens (tertiary/aromatic N) is 1. The molecular weight excluding hydrogens is 284 g/mol. The normalized spacial score (nSPS) is 21.2. The Balaban J connectivity index is 2.47. The fourth-order valence-corrected chi connectivity index (χ4v) is 4.14. The summed E-state index contributed by atoms with van der Waals surface area (Å²) in [5.74, 6) is 0. The highest BCUT2D eigenvalue weighted by atomic mass is 32.2. The molecule has 0 amide bonds. The maximum absolute atomic E-state index is 12.7. The van der Waals surface area contributed by atoms with Crippen LogP contribution in [-0.4, -0.2) is 43.5 Å². The first-order valence-corrected chi connectivity index (χ1v) is 7.78. The Morgan fingerprint density at radius 1 is 1.47 bits per heavy atom. The molecule has 0 saturated carbocycles. The van der Waals surface area contributed by atoms with Gasteiger partial charge in [0.2, 0.25) is 10.0 Å². The van der Waals surface area contributed by atoms with E-state index in [9.17, 15) is 8.42 Å². The van der Waals surface area contributed by atoms with Gasteiger partial charge >= 0.3 is 0 Å². The number of hydrogen-bond acceptors (Lipinski definition) is 4. The molecule has 1 fully saturated rings. The third-order valence-electron chi connectivity index (χ3n) is 3.05. The summed E-state index contributed by atoms with van der Waals surface area (Å²) < 4.78 is 32.1. The van der Waals surface area contributed by atoms with Crippen molar-refractivity contribution >= 4 is 27.2 Å². The Kier molecular flexibility index (Phi) is 4.19. The van der Waals surface area contributed by atoms with E-state index in [0.29, 0.717) is 25.3 Å². The van der Waals surface area contributed by atoms with E-state index >= 15 is 0 Å². The van der Waals surface area contributed by atoms with Crippen molar-refractivity contribution in [2.24, 2.45) is 5.73 Å². The van der Waals surface area contributed by atoms with Gasteiger partial charge < -0.3 is 10.5 Å². The van der Waals surface area contributed by atoms with Gasteiger partial charge in [-0.25, -0.2) is 8.42 Å². The highest BCUT2D eigenvalue weighted by molar-refractivity contribution is 7.89. The lowest BCUT2D eigenvalue weighted by molar-refractivity contribution is 0.0392. The molecule has 19 heavy (non-hydrogen) atoms. The van der Waals surface area contributed by atoms with Crippen LogP contribution >= 0.6 is 12.2 Å². The molecule has 0 aliphatic carbocycles. The zero-order chi connectivity index (χ0) is 14.0. The summed E-state index contributed by atoms with van der Waals surface area (Å²) in [5, 5.41) is 0. The third-order valence-corrected chi connectivity index (χ3v) is 5.34. The van der Waals surface area contributed by atoms with E-state index in [1.165, 1.54) is 10.4 Å². The second kappa shape index (κ2) is 5.54. The molecule has 1 saturated heterocycles. The number of sulfonamides is 1. The van der Waals surface area contributed by atoms with Crippen LogP contribution in [0.15, 0.2) is 29.2 Å². The predicted octanol–water partition coefficient (Wildman–Crippen LogP) is 0.730. The van der Waals surface area contributed by atoms with Gasteiger partial charge in [0.25, 0.3) is 0 Å². The second-order valence-electron chi connectivity index (χ2n) is 4.40. The van der Waals surface area contributed by atoms with Crippen LogP contribution in [0, 0.1) is 0 Å². The van der Waals surface area contributed by atoms with Crippen molar-refractivity contribution in [1.29, 1.82) is 0 Å². The number of hydrogen-bond donors (Lipinski definition) is 1. The minimum Gasteiger partial charge on any atom is -0.389 e. The lowest BCUT2D eigenvalue weighted by Gasteiger charge is -2.32. The van der Waals surface area contributed by atoms with Crippen LogP contribution < -0.4 is 5.73 Å². The average molecular weight is 300 g/mol. The maximum atomic E-state index is 12.7. The van der Waals surface area contributed by atoms with Crippen molar-refractivity contribution in [2.45, 2.75) is 17.9 Å². The highest BCUT2D eigenvalue weighted by Crippen LogP contribution is 2.23. The quantitative estimate of drug-likeness (QED) is 0.833. The number of benzene rings is 1. The monoisotopic (exact) mass is 300 g/mol. The van der Waals surface area contributed by atoms with Crippen LogP contribution in [0.1, 0.15) is 12.5 Å². The minimum absolute atomic E-state index is 0.0834. The van der Waals surface area contributed by atoms with Gasteiger partial charge in [-0.15, -0.1) is 0 Å². The largest absolute Gasteiger partial charge is 0.389 e. The average Bonchev–Trinajstić information content (AvgIpc) is 2.39. The molecule has 0 aromatic heterocycles. The predicted molar refractivity (Wildman–Crippen MR) is 76.5 cm³/mol. The van der Waals surface area contributed by atoms with Crippen LogP contribution in [-0.2, 0) is 14.8 Å². The molecule has 1 aromatic carbocycles. The van der Waals surface area contributed by atoms with E-state index in [0.717, 1.165) is 0 Å². The highest BCUT2D eigenvalue weighted by Gasteiger charge is 2.33. The molecule has 1 aliphatic rings. The van der Waals surface area contributed by atoms with E-state index in [2.05, 4.69) is 0 Å². The zero-order valence-electron chi connectivity index (χ0n) is 10.6. The number of morpholine rings is 1. The van der Waals surface area contributed by atoms with Crippen molar-refractivity contribution in [3.8, 4) is 0 Å². The van der Waals surface area contributed by atoms with Gasteiger partial charge in [-0.3, -0.25) is 0 Å². The number of ether oxygens (including phenoxy) is 1. The van der Waals surface area contributed by atoms with Crippen molar-refractivity contribution in [3.05, 3.63) is 29.8 Å².